The van der Waals surface area contributed by atoms with Gasteiger partial charge in [-0.1, -0.05) is 53.9 Å². The summed E-state index contributed by atoms with van der Waals surface area (Å²) in [6.45, 7) is 6.03. The number of carbonyl (C=O) groups is 2. The second-order valence-electron chi connectivity index (χ2n) is 8.55. The number of rotatable bonds is 12. The van der Waals surface area contributed by atoms with Crippen molar-refractivity contribution in [3.8, 4) is 0 Å². The Labute approximate surface area is 228 Å². The van der Waals surface area contributed by atoms with Crippen LogP contribution in [0.15, 0.2) is 36.4 Å². The average Bonchev–Trinajstić information content (AvgIpc) is 2.80. The molecule has 0 radical (unpaired) electrons. The van der Waals surface area contributed by atoms with Crippen LogP contribution in [0.1, 0.15) is 44.2 Å². The highest BCUT2D eigenvalue weighted by molar-refractivity contribution is 7.92. The van der Waals surface area contributed by atoms with E-state index >= 15 is 0 Å². The Kier molecular flexibility index (Phi) is 11.3. The van der Waals surface area contributed by atoms with Gasteiger partial charge in [0.2, 0.25) is 21.8 Å². The Morgan fingerprint density at radius 1 is 1.08 bits per heavy atom. The Balaban J connectivity index is 2.22. The molecule has 0 aliphatic heterocycles. The molecule has 2 amide bonds. The topological polar surface area (TPSA) is 86.8 Å². The fraction of sp³-hybridized carbons (Fsp3) is 0.440. The number of hydrogen-bond acceptors (Lipinski definition) is 4. The van der Waals surface area contributed by atoms with Crippen LogP contribution in [0.25, 0.3) is 0 Å². The Morgan fingerprint density at radius 2 is 1.78 bits per heavy atom. The van der Waals surface area contributed by atoms with Gasteiger partial charge in [0.05, 0.1) is 11.9 Å². The molecule has 1 N–H and O–H groups in total. The molecule has 198 valence electrons. The van der Waals surface area contributed by atoms with Gasteiger partial charge in [-0.3, -0.25) is 13.9 Å². The van der Waals surface area contributed by atoms with E-state index < -0.39 is 16.1 Å². The minimum Gasteiger partial charge on any atom is -0.354 e. The summed E-state index contributed by atoms with van der Waals surface area (Å²) < 4.78 is 26.3. The number of nitrogens with one attached hydrogen (secondary N) is 1. The molecule has 0 spiro atoms. The van der Waals surface area contributed by atoms with Crippen molar-refractivity contribution in [1.82, 2.24) is 10.2 Å². The third-order valence-corrected chi connectivity index (χ3v) is 7.91. The van der Waals surface area contributed by atoms with Crippen LogP contribution in [0.3, 0.4) is 0 Å². The molecular weight excluding hydrogens is 545 g/mol. The number of anilines is 1. The third-order valence-electron chi connectivity index (χ3n) is 5.73. The van der Waals surface area contributed by atoms with Crippen LogP contribution in [0.5, 0.6) is 0 Å². The van der Waals surface area contributed by atoms with E-state index in [0.29, 0.717) is 38.4 Å². The van der Waals surface area contributed by atoms with E-state index in [0.717, 1.165) is 12.7 Å². The predicted molar refractivity (Wildman–Crippen MR) is 147 cm³/mol. The van der Waals surface area contributed by atoms with Gasteiger partial charge in [0.25, 0.3) is 0 Å². The average molecular weight is 577 g/mol. The summed E-state index contributed by atoms with van der Waals surface area (Å²) in [6, 6.07) is 9.27. The van der Waals surface area contributed by atoms with Crippen molar-refractivity contribution in [1.29, 1.82) is 0 Å². The molecule has 2 rings (SSSR count). The molecule has 1 atom stereocenters. The van der Waals surface area contributed by atoms with E-state index in [1.54, 1.807) is 50.2 Å². The van der Waals surface area contributed by atoms with Crippen LogP contribution in [0.2, 0.25) is 15.1 Å². The van der Waals surface area contributed by atoms with E-state index in [9.17, 15) is 18.0 Å². The molecular formula is C25H32Cl3N3O4S. The van der Waals surface area contributed by atoms with Gasteiger partial charge in [0.1, 0.15) is 6.04 Å². The number of nitrogens with zero attached hydrogens (tertiary/aromatic N) is 2. The number of carbonyl (C=O) groups excluding carboxylic acids is 2. The number of benzene rings is 2. The van der Waals surface area contributed by atoms with E-state index in [1.165, 1.54) is 9.21 Å². The Morgan fingerprint density at radius 3 is 2.39 bits per heavy atom. The molecule has 1 unspecified atom stereocenters. The summed E-state index contributed by atoms with van der Waals surface area (Å²) in [5.74, 6) is -0.570. The standard InChI is InChI=1S/C25H32Cl3N3O4S/c1-5-13-29-25(33)18(3)30(16-19-11-12-20(26)15-22(19)28)24(32)10-7-14-31(36(4,34)35)23-9-6-8-21(27)17(23)2/h6,8-9,11-12,15,18H,5,7,10,13-14,16H2,1-4H3,(H,29,33). The van der Waals surface area contributed by atoms with Crippen LogP contribution in [-0.2, 0) is 26.2 Å². The first kappa shape index (κ1) is 30.2. The molecule has 0 fully saturated rings. The first-order valence-electron chi connectivity index (χ1n) is 11.6. The van der Waals surface area contributed by atoms with E-state index in [2.05, 4.69) is 5.32 Å². The number of halogens is 3. The van der Waals surface area contributed by atoms with Gasteiger partial charge in [-0.05, 0) is 62.1 Å². The van der Waals surface area contributed by atoms with Gasteiger partial charge in [-0.15, -0.1) is 0 Å². The zero-order chi connectivity index (χ0) is 27.0. The monoisotopic (exact) mass is 575 g/mol. The molecule has 2 aromatic carbocycles. The van der Waals surface area contributed by atoms with Crippen molar-refractivity contribution in [2.45, 2.75) is 52.6 Å². The molecule has 0 aliphatic rings. The second-order valence-corrected chi connectivity index (χ2v) is 11.7. The smallest absolute Gasteiger partial charge is 0.242 e. The number of amides is 2. The molecule has 0 aromatic heterocycles. The first-order valence-corrected chi connectivity index (χ1v) is 14.6. The third kappa shape index (κ3) is 8.26. The molecule has 0 aliphatic carbocycles. The van der Waals surface area contributed by atoms with Crippen molar-refractivity contribution < 1.29 is 18.0 Å². The van der Waals surface area contributed by atoms with Crippen molar-refractivity contribution >= 4 is 62.3 Å². The zero-order valence-corrected chi connectivity index (χ0v) is 23.9. The number of sulfonamides is 1. The maximum absolute atomic E-state index is 13.3. The molecule has 0 saturated heterocycles. The Bertz CT molecular complexity index is 1190. The minimum absolute atomic E-state index is 0.0300. The summed E-state index contributed by atoms with van der Waals surface area (Å²) in [4.78, 5) is 27.5. The summed E-state index contributed by atoms with van der Waals surface area (Å²) >= 11 is 18.5. The van der Waals surface area contributed by atoms with Gasteiger partial charge in [-0.25, -0.2) is 8.42 Å². The predicted octanol–water partition coefficient (Wildman–Crippen LogP) is 5.44. The molecule has 0 heterocycles. The van der Waals surface area contributed by atoms with Crippen molar-refractivity contribution in [2.24, 2.45) is 0 Å². The van der Waals surface area contributed by atoms with E-state index in [1.807, 2.05) is 6.92 Å². The molecule has 0 saturated carbocycles. The molecule has 2 aromatic rings. The maximum atomic E-state index is 13.3. The quantitative estimate of drug-likeness (QED) is 0.364. The highest BCUT2D eigenvalue weighted by Crippen LogP contribution is 2.29. The highest BCUT2D eigenvalue weighted by atomic mass is 35.5. The van der Waals surface area contributed by atoms with Crippen LogP contribution in [0.4, 0.5) is 5.69 Å². The summed E-state index contributed by atoms with van der Waals surface area (Å²) in [6.07, 6.45) is 2.15. The van der Waals surface area contributed by atoms with Crippen molar-refractivity contribution in [2.75, 3.05) is 23.7 Å². The summed E-state index contributed by atoms with van der Waals surface area (Å²) in [7, 11) is -3.62. The van der Waals surface area contributed by atoms with E-state index in [-0.39, 0.29) is 37.7 Å². The molecule has 0 bridgehead atoms. The summed E-state index contributed by atoms with van der Waals surface area (Å²) in [5, 5.41) is 4.13. The summed E-state index contributed by atoms with van der Waals surface area (Å²) in [5.41, 5.74) is 1.75. The van der Waals surface area contributed by atoms with Crippen LogP contribution in [-0.4, -0.2) is 50.5 Å². The van der Waals surface area contributed by atoms with Gasteiger partial charge in [0, 0.05) is 41.1 Å². The maximum Gasteiger partial charge on any atom is 0.242 e. The number of hydrogen-bond donors (Lipinski definition) is 1. The molecule has 36 heavy (non-hydrogen) atoms. The Hall–Kier alpha value is -2.00. The minimum atomic E-state index is -3.62. The van der Waals surface area contributed by atoms with Crippen LogP contribution in [0, 0.1) is 6.92 Å². The highest BCUT2D eigenvalue weighted by Gasteiger charge is 2.27. The largest absolute Gasteiger partial charge is 0.354 e. The van der Waals surface area contributed by atoms with Crippen molar-refractivity contribution in [3.63, 3.8) is 0 Å². The normalized spacial score (nSPS) is 12.2. The van der Waals surface area contributed by atoms with Gasteiger partial charge < -0.3 is 10.2 Å². The van der Waals surface area contributed by atoms with Crippen molar-refractivity contribution in [3.05, 3.63) is 62.6 Å². The zero-order valence-electron chi connectivity index (χ0n) is 20.9. The molecule has 7 nitrogen and oxygen atoms in total. The van der Waals surface area contributed by atoms with Gasteiger partial charge in [0.15, 0.2) is 0 Å². The van der Waals surface area contributed by atoms with Gasteiger partial charge >= 0.3 is 0 Å². The lowest BCUT2D eigenvalue weighted by atomic mass is 10.1. The fourth-order valence-electron chi connectivity index (χ4n) is 3.66. The first-order chi connectivity index (χ1) is 16.9. The second kappa shape index (κ2) is 13.5. The lowest BCUT2D eigenvalue weighted by molar-refractivity contribution is -0.140. The van der Waals surface area contributed by atoms with Crippen LogP contribution >= 0.6 is 34.8 Å². The SMILES string of the molecule is CCCNC(=O)C(C)N(Cc1ccc(Cl)cc1Cl)C(=O)CCCN(c1cccc(Cl)c1C)S(C)(=O)=O. The van der Waals surface area contributed by atoms with Crippen LogP contribution < -0.4 is 9.62 Å². The lowest BCUT2D eigenvalue weighted by Gasteiger charge is -2.30. The molecule has 11 heteroatoms. The van der Waals surface area contributed by atoms with E-state index in [4.69, 9.17) is 34.8 Å². The fourth-order valence-corrected chi connectivity index (χ4v) is 5.31. The lowest BCUT2D eigenvalue weighted by Crippen LogP contribution is -2.48. The van der Waals surface area contributed by atoms with Gasteiger partial charge in [-0.2, -0.15) is 0 Å².